The Hall–Kier alpha value is -2.47. The molecule has 1 aromatic carbocycles. The molecule has 1 atom stereocenters. The minimum Gasteiger partial charge on any atom is -0.357 e. The Morgan fingerprint density at radius 3 is 2.84 bits per heavy atom. The lowest BCUT2D eigenvalue weighted by atomic mass is 10.0. The standard InChI is InChI=1S/C19H22N4O2/c1-10-4-5-11(2)17-16(10)15(24)8-14(21-17)9-20-12(3)19-22-18(23-25-19)13-6-7-13/h4-5,8,12-13,20H,6-7,9H2,1-3H3,(H,21,24). The van der Waals surface area contributed by atoms with Gasteiger partial charge in [0.25, 0.3) is 0 Å². The van der Waals surface area contributed by atoms with E-state index >= 15 is 0 Å². The van der Waals surface area contributed by atoms with Crippen molar-refractivity contribution in [1.82, 2.24) is 20.4 Å². The largest absolute Gasteiger partial charge is 0.357 e. The maximum Gasteiger partial charge on any atom is 0.243 e. The molecule has 2 aromatic heterocycles. The Bertz CT molecular complexity index is 985. The molecule has 6 heteroatoms. The predicted octanol–water partition coefficient (Wildman–Crippen LogP) is 3.26. The number of H-pyrrole nitrogens is 1. The number of aromatic amines is 1. The Morgan fingerprint density at radius 2 is 2.08 bits per heavy atom. The van der Waals surface area contributed by atoms with Crippen LogP contribution in [0.5, 0.6) is 0 Å². The van der Waals surface area contributed by atoms with Gasteiger partial charge in [0.1, 0.15) is 0 Å². The number of aromatic nitrogens is 3. The first kappa shape index (κ1) is 16.0. The molecule has 0 spiro atoms. The molecule has 0 amide bonds. The van der Waals surface area contributed by atoms with E-state index in [-0.39, 0.29) is 11.5 Å². The van der Waals surface area contributed by atoms with E-state index in [1.54, 1.807) is 6.07 Å². The molecule has 1 aliphatic rings. The van der Waals surface area contributed by atoms with Gasteiger partial charge in [0.05, 0.1) is 11.6 Å². The van der Waals surface area contributed by atoms with Crippen LogP contribution < -0.4 is 10.7 Å². The molecule has 1 fully saturated rings. The summed E-state index contributed by atoms with van der Waals surface area (Å²) in [4.78, 5) is 20.3. The fourth-order valence-electron chi connectivity index (χ4n) is 3.09. The molecule has 130 valence electrons. The van der Waals surface area contributed by atoms with E-state index in [9.17, 15) is 4.79 Å². The van der Waals surface area contributed by atoms with Gasteiger partial charge in [0.15, 0.2) is 11.3 Å². The number of nitrogens with zero attached hydrogens (tertiary/aromatic N) is 2. The summed E-state index contributed by atoms with van der Waals surface area (Å²) in [5.74, 6) is 1.89. The van der Waals surface area contributed by atoms with Crippen LogP contribution in [0.15, 0.2) is 27.5 Å². The Labute approximate surface area is 145 Å². The second kappa shape index (κ2) is 6.11. The van der Waals surface area contributed by atoms with Crippen LogP contribution >= 0.6 is 0 Å². The fraction of sp³-hybridized carbons (Fsp3) is 0.421. The lowest BCUT2D eigenvalue weighted by Crippen LogP contribution is -2.20. The molecule has 1 unspecified atom stereocenters. The molecule has 1 saturated carbocycles. The van der Waals surface area contributed by atoms with Crippen molar-refractivity contribution in [3.05, 3.63) is 57.0 Å². The van der Waals surface area contributed by atoms with Crippen molar-refractivity contribution in [2.24, 2.45) is 0 Å². The number of pyridine rings is 1. The normalized spacial score (nSPS) is 15.6. The van der Waals surface area contributed by atoms with Crippen LogP contribution in [0, 0.1) is 13.8 Å². The van der Waals surface area contributed by atoms with Gasteiger partial charge in [-0.3, -0.25) is 4.79 Å². The van der Waals surface area contributed by atoms with Crippen LogP contribution in [-0.2, 0) is 6.54 Å². The van der Waals surface area contributed by atoms with E-state index in [2.05, 4.69) is 20.4 Å². The molecule has 2 N–H and O–H groups in total. The van der Waals surface area contributed by atoms with Crippen molar-refractivity contribution in [2.45, 2.75) is 52.1 Å². The van der Waals surface area contributed by atoms with Gasteiger partial charge in [0.2, 0.25) is 5.89 Å². The monoisotopic (exact) mass is 338 g/mol. The maximum atomic E-state index is 12.5. The summed E-state index contributed by atoms with van der Waals surface area (Å²) in [6.07, 6.45) is 2.30. The molecule has 25 heavy (non-hydrogen) atoms. The summed E-state index contributed by atoms with van der Waals surface area (Å²) in [6, 6.07) is 5.61. The number of nitrogens with one attached hydrogen (secondary N) is 2. The lowest BCUT2D eigenvalue weighted by molar-refractivity contribution is 0.335. The smallest absolute Gasteiger partial charge is 0.243 e. The van der Waals surface area contributed by atoms with Crippen LogP contribution in [0.2, 0.25) is 0 Å². The Balaban J connectivity index is 1.54. The van der Waals surface area contributed by atoms with Gasteiger partial charge in [-0.05, 0) is 44.7 Å². The van der Waals surface area contributed by atoms with Gasteiger partial charge >= 0.3 is 0 Å². The molecular weight excluding hydrogens is 316 g/mol. The molecule has 2 heterocycles. The summed E-state index contributed by atoms with van der Waals surface area (Å²) in [5.41, 5.74) is 3.87. The topological polar surface area (TPSA) is 83.8 Å². The summed E-state index contributed by atoms with van der Waals surface area (Å²) < 4.78 is 5.35. The Morgan fingerprint density at radius 1 is 1.32 bits per heavy atom. The van der Waals surface area contributed by atoms with E-state index in [4.69, 9.17) is 4.52 Å². The molecule has 4 rings (SSSR count). The highest BCUT2D eigenvalue weighted by Gasteiger charge is 2.29. The highest BCUT2D eigenvalue weighted by atomic mass is 16.5. The van der Waals surface area contributed by atoms with Gasteiger partial charge in [-0.25, -0.2) is 0 Å². The number of hydrogen-bond donors (Lipinski definition) is 2. The first-order chi connectivity index (χ1) is 12.0. The quantitative estimate of drug-likeness (QED) is 0.746. The average molecular weight is 338 g/mol. The number of aryl methyl sites for hydroxylation is 2. The third-order valence-electron chi connectivity index (χ3n) is 4.83. The van der Waals surface area contributed by atoms with Crippen molar-refractivity contribution in [1.29, 1.82) is 0 Å². The van der Waals surface area contributed by atoms with Gasteiger partial charge in [0, 0.05) is 29.6 Å². The number of fused-ring (bicyclic) bond motifs is 1. The van der Waals surface area contributed by atoms with Crippen LogP contribution in [-0.4, -0.2) is 15.1 Å². The van der Waals surface area contributed by atoms with Crippen molar-refractivity contribution < 1.29 is 4.52 Å². The van der Waals surface area contributed by atoms with E-state index in [0.29, 0.717) is 18.4 Å². The highest BCUT2D eigenvalue weighted by Crippen LogP contribution is 2.38. The minimum absolute atomic E-state index is 0.0493. The van der Waals surface area contributed by atoms with Crippen LogP contribution in [0.4, 0.5) is 0 Å². The van der Waals surface area contributed by atoms with Gasteiger partial charge in [-0.15, -0.1) is 0 Å². The van der Waals surface area contributed by atoms with Crippen molar-refractivity contribution in [2.75, 3.05) is 0 Å². The number of rotatable bonds is 5. The third kappa shape index (κ3) is 3.09. The lowest BCUT2D eigenvalue weighted by Gasteiger charge is -2.12. The molecule has 0 bridgehead atoms. The molecule has 0 radical (unpaired) electrons. The van der Waals surface area contributed by atoms with E-state index in [1.165, 1.54) is 0 Å². The SMILES string of the molecule is Cc1ccc(C)c2c(=O)cc(CNC(C)c3nc(C4CC4)no3)[nH]c12. The molecule has 6 nitrogen and oxygen atoms in total. The van der Waals surface area contributed by atoms with E-state index < -0.39 is 0 Å². The van der Waals surface area contributed by atoms with Crippen LogP contribution in [0.25, 0.3) is 10.9 Å². The summed E-state index contributed by atoms with van der Waals surface area (Å²) in [6.45, 7) is 6.49. The first-order valence-electron chi connectivity index (χ1n) is 8.72. The van der Waals surface area contributed by atoms with Crippen molar-refractivity contribution in [3.8, 4) is 0 Å². The second-order valence-corrected chi connectivity index (χ2v) is 6.98. The molecule has 3 aromatic rings. The van der Waals surface area contributed by atoms with Crippen molar-refractivity contribution in [3.63, 3.8) is 0 Å². The first-order valence-corrected chi connectivity index (χ1v) is 8.72. The summed E-state index contributed by atoms with van der Waals surface area (Å²) in [5, 5.41) is 8.16. The molecule has 0 saturated heterocycles. The molecule has 0 aliphatic heterocycles. The number of hydrogen-bond acceptors (Lipinski definition) is 5. The number of benzene rings is 1. The molecular formula is C19H22N4O2. The molecule has 1 aliphatic carbocycles. The zero-order chi connectivity index (χ0) is 17.6. The van der Waals surface area contributed by atoms with Crippen molar-refractivity contribution >= 4 is 10.9 Å². The summed E-state index contributed by atoms with van der Waals surface area (Å²) in [7, 11) is 0. The van der Waals surface area contributed by atoms with Crippen LogP contribution in [0.3, 0.4) is 0 Å². The second-order valence-electron chi connectivity index (χ2n) is 6.98. The predicted molar refractivity (Wildman–Crippen MR) is 95.6 cm³/mol. The van der Waals surface area contributed by atoms with Gasteiger partial charge in [-0.2, -0.15) is 4.98 Å². The fourth-order valence-corrected chi connectivity index (χ4v) is 3.09. The minimum atomic E-state index is -0.0715. The maximum absolute atomic E-state index is 12.5. The van der Waals surface area contributed by atoms with Crippen LogP contribution in [0.1, 0.15) is 60.3 Å². The third-order valence-corrected chi connectivity index (χ3v) is 4.83. The van der Waals surface area contributed by atoms with E-state index in [1.807, 2.05) is 32.9 Å². The average Bonchev–Trinajstić information content (AvgIpc) is 3.33. The van der Waals surface area contributed by atoms with Gasteiger partial charge < -0.3 is 14.8 Å². The van der Waals surface area contributed by atoms with Gasteiger partial charge in [-0.1, -0.05) is 17.3 Å². The highest BCUT2D eigenvalue weighted by molar-refractivity contribution is 5.84. The zero-order valence-corrected chi connectivity index (χ0v) is 14.7. The van der Waals surface area contributed by atoms with E-state index in [0.717, 1.165) is 46.4 Å². The zero-order valence-electron chi connectivity index (χ0n) is 14.7. The Kier molecular flexibility index (Phi) is 3.92. The summed E-state index contributed by atoms with van der Waals surface area (Å²) >= 11 is 0.